The smallest absolute Gasteiger partial charge is 0.148 e. The van der Waals surface area contributed by atoms with Gasteiger partial charge >= 0.3 is 0 Å². The van der Waals surface area contributed by atoms with Gasteiger partial charge in [0.25, 0.3) is 0 Å². The molecule has 1 aromatic heterocycles. The third kappa shape index (κ3) is 2.66. The summed E-state index contributed by atoms with van der Waals surface area (Å²) in [6.45, 7) is 1.83. The minimum absolute atomic E-state index is 0.355. The molecule has 0 spiro atoms. The predicted octanol–water partition coefficient (Wildman–Crippen LogP) is 3.91. The number of benzene rings is 1. The Kier molecular flexibility index (Phi) is 3.58. The Morgan fingerprint density at radius 2 is 2.11 bits per heavy atom. The average molecular weight is 306 g/mol. The molecule has 1 N–H and O–H groups in total. The average Bonchev–Trinajstić information content (AvgIpc) is 2.34. The van der Waals surface area contributed by atoms with Crippen LogP contribution in [0.25, 0.3) is 0 Å². The summed E-state index contributed by atoms with van der Waals surface area (Å²) in [7, 11) is 0. The first-order valence-electron chi connectivity index (χ1n) is 5.20. The van der Waals surface area contributed by atoms with Gasteiger partial charge in [-0.25, -0.2) is 9.37 Å². The Balaban J connectivity index is 2.43. The summed E-state index contributed by atoms with van der Waals surface area (Å²) in [4.78, 5) is 4.23. The van der Waals surface area contributed by atoms with E-state index < -0.39 is 0 Å². The van der Waals surface area contributed by atoms with Crippen molar-refractivity contribution in [1.82, 2.24) is 4.98 Å². The molecule has 3 nitrogen and oxygen atoms in total. The van der Waals surface area contributed by atoms with Crippen molar-refractivity contribution < 1.29 is 4.39 Å². The molecule has 0 aliphatic heterocycles. The van der Waals surface area contributed by atoms with Gasteiger partial charge in [-0.3, -0.25) is 0 Å². The second-order valence-corrected chi connectivity index (χ2v) is 4.56. The van der Waals surface area contributed by atoms with Crippen LogP contribution < -0.4 is 5.32 Å². The molecule has 2 aromatic rings. The number of aryl methyl sites for hydroxylation is 1. The molecular weight excluding hydrogens is 297 g/mol. The van der Waals surface area contributed by atoms with Gasteiger partial charge in [-0.2, -0.15) is 5.26 Å². The number of hydrogen-bond acceptors (Lipinski definition) is 3. The van der Waals surface area contributed by atoms with Crippen LogP contribution >= 0.6 is 15.9 Å². The quantitative estimate of drug-likeness (QED) is 0.915. The fraction of sp³-hybridized carbons (Fsp3) is 0.0769. The summed E-state index contributed by atoms with van der Waals surface area (Å²) in [5, 5.41) is 11.9. The zero-order valence-electron chi connectivity index (χ0n) is 9.54. The predicted molar refractivity (Wildman–Crippen MR) is 71.1 cm³/mol. The molecule has 1 aromatic carbocycles. The molecular formula is C13H9BrFN3. The summed E-state index contributed by atoms with van der Waals surface area (Å²) in [5.74, 6) is 0.0654. The first-order chi connectivity index (χ1) is 8.60. The van der Waals surface area contributed by atoms with Crippen LogP contribution in [0, 0.1) is 24.1 Å². The number of halogens is 2. The molecule has 0 bridgehead atoms. The Bertz CT molecular complexity index is 635. The molecule has 0 saturated carbocycles. The first kappa shape index (κ1) is 12.5. The maximum absolute atomic E-state index is 13.2. The van der Waals surface area contributed by atoms with Gasteiger partial charge in [0.2, 0.25) is 0 Å². The van der Waals surface area contributed by atoms with Crippen molar-refractivity contribution in [2.45, 2.75) is 6.92 Å². The summed E-state index contributed by atoms with van der Waals surface area (Å²) in [6.07, 6.45) is 0. The summed E-state index contributed by atoms with van der Waals surface area (Å²) < 4.78 is 13.9. The normalized spacial score (nSPS) is 9.89. The van der Waals surface area contributed by atoms with Gasteiger partial charge in [0.15, 0.2) is 0 Å². The van der Waals surface area contributed by atoms with Gasteiger partial charge in [-0.15, -0.1) is 0 Å². The second kappa shape index (κ2) is 5.15. The van der Waals surface area contributed by atoms with Gasteiger partial charge in [-0.05, 0) is 53.2 Å². The van der Waals surface area contributed by atoms with Crippen LogP contribution in [-0.4, -0.2) is 4.98 Å². The van der Waals surface area contributed by atoms with Crippen LogP contribution in [0.3, 0.4) is 0 Å². The first-order valence-corrected chi connectivity index (χ1v) is 5.99. The van der Waals surface area contributed by atoms with E-state index in [1.807, 2.05) is 13.0 Å². The molecule has 5 heteroatoms. The third-order valence-corrected chi connectivity index (χ3v) is 3.03. The van der Waals surface area contributed by atoms with E-state index in [1.165, 1.54) is 12.1 Å². The monoisotopic (exact) mass is 305 g/mol. The summed E-state index contributed by atoms with van der Waals surface area (Å²) >= 11 is 3.31. The Hall–Kier alpha value is -1.93. The summed E-state index contributed by atoms with van der Waals surface area (Å²) in [6, 6.07) is 9.77. The van der Waals surface area contributed by atoms with E-state index in [0.717, 1.165) is 5.69 Å². The van der Waals surface area contributed by atoms with Crippen LogP contribution in [0.4, 0.5) is 15.9 Å². The van der Waals surface area contributed by atoms with Gasteiger partial charge in [-0.1, -0.05) is 0 Å². The van der Waals surface area contributed by atoms with E-state index in [4.69, 9.17) is 5.26 Å². The van der Waals surface area contributed by atoms with Crippen LogP contribution in [-0.2, 0) is 0 Å². The van der Waals surface area contributed by atoms with Crippen LogP contribution in [0.2, 0.25) is 0 Å². The number of anilines is 2. The number of rotatable bonds is 2. The fourth-order valence-electron chi connectivity index (χ4n) is 1.46. The lowest BCUT2D eigenvalue weighted by atomic mass is 10.2. The molecule has 90 valence electrons. The Labute approximate surface area is 112 Å². The molecule has 0 amide bonds. The van der Waals surface area contributed by atoms with Crippen LogP contribution in [0.5, 0.6) is 0 Å². The Morgan fingerprint density at radius 3 is 2.83 bits per heavy atom. The van der Waals surface area contributed by atoms with Crippen molar-refractivity contribution in [3.63, 3.8) is 0 Å². The van der Waals surface area contributed by atoms with Crippen molar-refractivity contribution in [1.29, 1.82) is 5.26 Å². The van der Waals surface area contributed by atoms with E-state index in [0.29, 0.717) is 21.5 Å². The lowest BCUT2D eigenvalue weighted by molar-refractivity contribution is 0.628. The lowest BCUT2D eigenvalue weighted by Crippen LogP contribution is -1.99. The number of nitriles is 1. The zero-order valence-corrected chi connectivity index (χ0v) is 11.1. The molecule has 1 heterocycles. The molecule has 0 aliphatic carbocycles. The van der Waals surface area contributed by atoms with E-state index >= 15 is 0 Å². The number of nitrogens with one attached hydrogen (secondary N) is 1. The van der Waals surface area contributed by atoms with Crippen molar-refractivity contribution in [3.05, 3.63) is 51.9 Å². The molecule has 2 rings (SSSR count). The van der Waals surface area contributed by atoms with Crippen molar-refractivity contribution in [2.75, 3.05) is 5.32 Å². The van der Waals surface area contributed by atoms with Crippen molar-refractivity contribution >= 4 is 27.4 Å². The largest absolute Gasteiger partial charge is 0.338 e. The molecule has 0 unspecified atom stereocenters. The summed E-state index contributed by atoms with van der Waals surface area (Å²) in [5.41, 5.74) is 1.73. The van der Waals surface area contributed by atoms with Crippen molar-refractivity contribution in [2.24, 2.45) is 0 Å². The molecule has 18 heavy (non-hydrogen) atoms. The topological polar surface area (TPSA) is 48.7 Å². The zero-order chi connectivity index (χ0) is 13.1. The Morgan fingerprint density at radius 1 is 1.33 bits per heavy atom. The second-order valence-electron chi connectivity index (χ2n) is 3.71. The standard InChI is InChI=1S/C13H9BrFN3/c1-8-2-3-9(7-16)13(17-8)18-12-6-10(15)4-5-11(12)14/h2-6H,1H3,(H,17,18). The molecule has 0 fully saturated rings. The van der Waals surface area contributed by atoms with Crippen LogP contribution in [0.1, 0.15) is 11.3 Å². The highest BCUT2D eigenvalue weighted by Gasteiger charge is 2.07. The highest BCUT2D eigenvalue weighted by molar-refractivity contribution is 9.10. The van der Waals surface area contributed by atoms with E-state index in [2.05, 4.69) is 26.2 Å². The van der Waals surface area contributed by atoms with Crippen molar-refractivity contribution in [3.8, 4) is 6.07 Å². The number of nitrogens with zero attached hydrogens (tertiary/aromatic N) is 2. The van der Waals surface area contributed by atoms with E-state index in [-0.39, 0.29) is 5.82 Å². The van der Waals surface area contributed by atoms with Crippen LogP contribution in [0.15, 0.2) is 34.8 Å². The van der Waals surface area contributed by atoms with Gasteiger partial charge in [0.1, 0.15) is 17.7 Å². The third-order valence-electron chi connectivity index (χ3n) is 2.34. The van der Waals surface area contributed by atoms with E-state index in [9.17, 15) is 4.39 Å². The molecule has 0 saturated heterocycles. The van der Waals surface area contributed by atoms with E-state index in [1.54, 1.807) is 18.2 Å². The van der Waals surface area contributed by atoms with Gasteiger partial charge in [0, 0.05) is 10.2 Å². The highest BCUT2D eigenvalue weighted by Crippen LogP contribution is 2.27. The number of pyridine rings is 1. The highest BCUT2D eigenvalue weighted by atomic mass is 79.9. The lowest BCUT2D eigenvalue weighted by Gasteiger charge is -2.09. The SMILES string of the molecule is Cc1ccc(C#N)c(Nc2cc(F)ccc2Br)n1. The number of aromatic nitrogens is 1. The van der Waals surface area contributed by atoms with Gasteiger partial charge < -0.3 is 5.32 Å². The van der Waals surface area contributed by atoms with Gasteiger partial charge in [0.05, 0.1) is 11.3 Å². The maximum Gasteiger partial charge on any atom is 0.148 e. The molecule has 0 aliphatic rings. The minimum atomic E-state index is -0.355. The fourth-order valence-corrected chi connectivity index (χ4v) is 1.81. The maximum atomic E-state index is 13.2. The number of hydrogen-bond donors (Lipinski definition) is 1. The molecule has 0 radical (unpaired) electrons. The minimum Gasteiger partial charge on any atom is -0.338 e. The molecule has 0 atom stereocenters.